The van der Waals surface area contributed by atoms with Crippen molar-refractivity contribution in [2.75, 3.05) is 7.05 Å². The van der Waals surface area contributed by atoms with Gasteiger partial charge in [-0.3, -0.25) is 9.59 Å². The van der Waals surface area contributed by atoms with Gasteiger partial charge in [0.25, 0.3) is 17.4 Å². The Balaban J connectivity index is 1.64. The zero-order valence-corrected chi connectivity index (χ0v) is 18.6. The molecule has 2 amide bonds. The number of likely N-dealkylation sites (N-methyl/N-ethyl adjacent to an activating group) is 1. The Morgan fingerprint density at radius 3 is 2.23 bits per heavy atom. The summed E-state index contributed by atoms with van der Waals surface area (Å²) in [5.74, 6) is -0.256. The molecule has 3 saturated heterocycles. The summed E-state index contributed by atoms with van der Waals surface area (Å²) >= 11 is 5.82. The van der Waals surface area contributed by atoms with Crippen molar-refractivity contribution in [2.24, 2.45) is 0 Å². The standard InChI is InChI=1S/C23H21N3O2S2/c1-21(24-3)14-23-20(28)25(4)22(2,30(23)29)19(27)26(23)18(21)17-12-10-16(11-13-17)15-8-6-5-7-9-15/h5-13,18H,14H2,1-2,4H3/t18?,21-,22-,23-,30?/m0/s1. The van der Waals surface area contributed by atoms with Gasteiger partial charge in [-0.25, -0.2) is 6.57 Å². The first-order valence-electron chi connectivity index (χ1n) is 9.80. The summed E-state index contributed by atoms with van der Waals surface area (Å²) in [4.78, 5) is 32.0. The largest absolute Gasteiger partial charge is 0.320 e. The Morgan fingerprint density at radius 1 is 1.03 bits per heavy atom. The first kappa shape index (κ1) is 19.4. The van der Waals surface area contributed by atoms with E-state index in [9.17, 15) is 9.59 Å². The number of piperazine rings is 1. The number of nitrogens with zero attached hydrogens (tertiary/aromatic N) is 3. The molecule has 3 heterocycles. The lowest BCUT2D eigenvalue weighted by Crippen LogP contribution is -2.60. The molecule has 7 heteroatoms. The van der Waals surface area contributed by atoms with Crippen LogP contribution in [0.4, 0.5) is 0 Å². The van der Waals surface area contributed by atoms with E-state index in [2.05, 4.69) is 4.85 Å². The van der Waals surface area contributed by atoms with Gasteiger partial charge in [-0.2, -0.15) is 0 Å². The summed E-state index contributed by atoms with van der Waals surface area (Å²) in [6.45, 7) is 11.6. The van der Waals surface area contributed by atoms with E-state index in [1.54, 1.807) is 18.9 Å². The smallest absolute Gasteiger partial charge is 0.261 e. The summed E-state index contributed by atoms with van der Waals surface area (Å²) in [6, 6.07) is 17.5. The molecule has 30 heavy (non-hydrogen) atoms. The highest BCUT2D eigenvalue weighted by atomic mass is 32.8. The first-order valence-corrected chi connectivity index (χ1v) is 11.9. The number of hydrogen-bond acceptors (Lipinski definition) is 3. The van der Waals surface area contributed by atoms with Crippen LogP contribution < -0.4 is 0 Å². The minimum absolute atomic E-state index is 0.124. The molecule has 2 aromatic rings. The number of amides is 2. The third-order valence-corrected chi connectivity index (χ3v) is 11.1. The monoisotopic (exact) mass is 435 g/mol. The van der Waals surface area contributed by atoms with Gasteiger partial charge < -0.3 is 14.6 Å². The van der Waals surface area contributed by atoms with Gasteiger partial charge >= 0.3 is 0 Å². The zero-order chi connectivity index (χ0) is 21.5. The van der Waals surface area contributed by atoms with Crippen molar-refractivity contribution in [3.05, 3.63) is 71.6 Å². The summed E-state index contributed by atoms with van der Waals surface area (Å²) in [6.07, 6.45) is 0.283. The Kier molecular flexibility index (Phi) is 3.88. The van der Waals surface area contributed by atoms with Crippen molar-refractivity contribution in [3.63, 3.8) is 0 Å². The molecular formula is C23H21N3O2S2. The van der Waals surface area contributed by atoms with E-state index in [0.717, 1.165) is 16.7 Å². The zero-order valence-electron chi connectivity index (χ0n) is 17.0. The predicted octanol–water partition coefficient (Wildman–Crippen LogP) is 3.28. The number of benzene rings is 2. The minimum Gasteiger partial charge on any atom is -0.320 e. The average molecular weight is 436 g/mol. The molecule has 0 aliphatic carbocycles. The highest BCUT2D eigenvalue weighted by Gasteiger charge is 2.82. The van der Waals surface area contributed by atoms with Crippen molar-refractivity contribution in [3.8, 4) is 11.1 Å². The topological polar surface area (TPSA) is 45.0 Å². The van der Waals surface area contributed by atoms with Crippen LogP contribution in [-0.4, -0.2) is 43.9 Å². The summed E-state index contributed by atoms with van der Waals surface area (Å²) in [5.41, 5.74) is 2.14. The molecule has 2 unspecified atom stereocenters. The predicted molar refractivity (Wildman–Crippen MR) is 120 cm³/mol. The highest BCUT2D eigenvalue weighted by molar-refractivity contribution is 8.31. The van der Waals surface area contributed by atoms with Crippen LogP contribution in [-0.2, 0) is 30.2 Å². The van der Waals surface area contributed by atoms with E-state index in [1.165, 1.54) is 4.90 Å². The molecule has 0 saturated carbocycles. The Labute approximate surface area is 183 Å². The first-order chi connectivity index (χ1) is 14.2. The second kappa shape index (κ2) is 5.99. The van der Waals surface area contributed by atoms with E-state index in [0.29, 0.717) is 0 Å². The lowest BCUT2D eigenvalue weighted by molar-refractivity contribution is -0.159. The SMILES string of the molecule is [C-]#[N+][C@@]1(C)C[C@]23C(=O)N(C)[C@](C)(C(=O)N2C1c1ccc(-c2ccccc2)cc1)S3=S. The van der Waals surface area contributed by atoms with Gasteiger partial charge in [0.15, 0.2) is 9.74 Å². The molecule has 5 rings (SSSR count). The summed E-state index contributed by atoms with van der Waals surface area (Å²) < 4.78 is 0. The molecule has 0 aromatic heterocycles. The maximum absolute atomic E-state index is 13.6. The van der Waals surface area contributed by atoms with Gasteiger partial charge in [0.2, 0.25) is 0 Å². The average Bonchev–Trinajstić information content (AvgIpc) is 3.20. The van der Waals surface area contributed by atoms with E-state index < -0.39 is 30.8 Å². The maximum Gasteiger partial charge on any atom is 0.261 e. The van der Waals surface area contributed by atoms with Gasteiger partial charge in [0.1, 0.15) is 6.04 Å². The molecule has 0 radical (unpaired) electrons. The number of carbonyl (C=O) groups excluding carboxylic acids is 2. The van der Waals surface area contributed by atoms with Crippen molar-refractivity contribution in [1.82, 2.24) is 9.80 Å². The molecule has 3 aliphatic heterocycles. The number of fused-ring (bicyclic) bond motifs is 1. The van der Waals surface area contributed by atoms with Crippen molar-refractivity contribution in [2.45, 2.75) is 41.6 Å². The lowest BCUT2D eigenvalue weighted by atomic mass is 9.86. The van der Waals surface area contributed by atoms with Crippen LogP contribution >= 0.6 is 0 Å². The molecule has 3 fully saturated rings. The van der Waals surface area contributed by atoms with Gasteiger partial charge in [-0.05, 0) is 44.3 Å². The molecule has 152 valence electrons. The molecule has 0 N–H and O–H groups in total. The third kappa shape index (κ3) is 2.03. The van der Waals surface area contributed by atoms with Crippen LogP contribution in [0.5, 0.6) is 0 Å². The van der Waals surface area contributed by atoms with E-state index >= 15 is 0 Å². The number of hydrogen-bond donors (Lipinski definition) is 0. The van der Waals surface area contributed by atoms with Gasteiger partial charge in [-0.1, -0.05) is 54.6 Å². The number of carbonyl (C=O) groups is 2. The van der Waals surface area contributed by atoms with E-state index in [-0.39, 0.29) is 18.2 Å². The van der Waals surface area contributed by atoms with Crippen molar-refractivity contribution in [1.29, 1.82) is 0 Å². The summed E-state index contributed by atoms with van der Waals surface area (Å²) in [5, 5.41) is 0. The fourth-order valence-corrected chi connectivity index (χ4v) is 8.81. The quantitative estimate of drug-likeness (QED) is 0.680. The van der Waals surface area contributed by atoms with E-state index in [1.807, 2.05) is 61.5 Å². The second-order valence-corrected chi connectivity index (χ2v) is 11.6. The van der Waals surface area contributed by atoms with Crippen LogP contribution in [0.15, 0.2) is 54.6 Å². The highest BCUT2D eigenvalue weighted by Crippen LogP contribution is 2.63. The molecule has 5 atom stereocenters. The second-order valence-electron chi connectivity index (χ2n) is 8.61. The lowest BCUT2D eigenvalue weighted by Gasteiger charge is -2.38. The van der Waals surface area contributed by atoms with Crippen LogP contribution in [0, 0.1) is 6.57 Å². The Morgan fingerprint density at radius 2 is 1.63 bits per heavy atom. The van der Waals surface area contributed by atoms with Crippen LogP contribution in [0.1, 0.15) is 31.9 Å². The fourth-order valence-electron chi connectivity index (χ4n) is 5.30. The molecule has 1 spiro atoms. The molecule has 3 aliphatic rings. The molecule has 5 nitrogen and oxygen atoms in total. The minimum atomic E-state index is -1.09. The fraction of sp³-hybridized carbons (Fsp3) is 0.348. The Bertz CT molecular complexity index is 1160. The molecule has 2 aromatic carbocycles. The maximum atomic E-state index is 13.6. The van der Waals surface area contributed by atoms with E-state index in [4.69, 9.17) is 17.8 Å². The van der Waals surface area contributed by atoms with Crippen LogP contribution in [0.25, 0.3) is 16.0 Å². The van der Waals surface area contributed by atoms with Crippen LogP contribution in [0.3, 0.4) is 0 Å². The molecular weight excluding hydrogens is 414 g/mol. The van der Waals surface area contributed by atoms with Crippen LogP contribution in [0.2, 0.25) is 0 Å². The van der Waals surface area contributed by atoms with Gasteiger partial charge in [0, 0.05) is 14.0 Å². The Hall–Kier alpha value is -2.56. The van der Waals surface area contributed by atoms with Crippen molar-refractivity contribution >= 4 is 32.5 Å². The number of rotatable bonds is 2. The third-order valence-electron chi connectivity index (χ3n) is 6.99. The normalized spacial score (nSPS) is 36.9. The molecule has 2 bridgehead atoms. The van der Waals surface area contributed by atoms with Gasteiger partial charge in [-0.15, -0.1) is 0 Å². The van der Waals surface area contributed by atoms with Crippen molar-refractivity contribution < 1.29 is 9.59 Å². The van der Waals surface area contributed by atoms with Gasteiger partial charge in [0.05, 0.1) is 6.42 Å². The summed E-state index contributed by atoms with van der Waals surface area (Å²) in [7, 11) is 0.745.